The van der Waals surface area contributed by atoms with Crippen LogP contribution in [0.5, 0.6) is 0 Å². The van der Waals surface area contributed by atoms with Gasteiger partial charge in [0.1, 0.15) is 0 Å². The molecule has 0 aliphatic heterocycles. The number of nitrogens with two attached hydrogens (primary N) is 1. The highest BCUT2D eigenvalue weighted by Gasteiger charge is 2.40. The molecule has 23 heavy (non-hydrogen) atoms. The van der Waals surface area contributed by atoms with Crippen molar-refractivity contribution in [1.82, 2.24) is 10.3 Å². The van der Waals surface area contributed by atoms with Crippen LogP contribution in [-0.2, 0) is 0 Å². The number of carbonyl (C=O) groups excluding carboxylic acids is 1. The monoisotopic (exact) mass is 359 g/mol. The van der Waals surface area contributed by atoms with Crippen molar-refractivity contribution < 1.29 is 4.79 Å². The average molecular weight is 360 g/mol. The molecule has 1 amide bonds. The molecule has 2 fully saturated rings. The zero-order valence-electron chi connectivity index (χ0n) is 13.7. The summed E-state index contributed by atoms with van der Waals surface area (Å²) in [6.45, 7) is 3.85. The SMILES string of the molecule is Cc1ccc(C(=O)NC2C3CCCC2CC(N)C3)c(C)n1.Cl.Cl. The van der Waals surface area contributed by atoms with Gasteiger partial charge in [-0.2, -0.15) is 0 Å². The molecule has 1 aromatic heterocycles. The number of nitrogens with one attached hydrogen (secondary N) is 1. The molecule has 130 valence electrons. The van der Waals surface area contributed by atoms with Crippen LogP contribution >= 0.6 is 24.8 Å². The van der Waals surface area contributed by atoms with Crippen molar-refractivity contribution in [3.8, 4) is 0 Å². The van der Waals surface area contributed by atoms with Crippen LogP contribution in [0.2, 0.25) is 0 Å². The third-order valence-electron chi connectivity index (χ3n) is 5.14. The first-order chi connectivity index (χ1) is 10.0. The van der Waals surface area contributed by atoms with Crippen molar-refractivity contribution in [2.45, 2.75) is 58.0 Å². The molecule has 6 heteroatoms. The molecule has 2 aliphatic rings. The minimum atomic E-state index is 0. The fraction of sp³-hybridized carbons (Fsp3) is 0.647. The summed E-state index contributed by atoms with van der Waals surface area (Å²) < 4.78 is 0. The second-order valence-corrected chi connectivity index (χ2v) is 6.77. The molecule has 1 heterocycles. The fourth-order valence-electron chi connectivity index (χ4n) is 4.18. The van der Waals surface area contributed by atoms with Crippen molar-refractivity contribution in [3.05, 3.63) is 29.1 Å². The maximum Gasteiger partial charge on any atom is 0.253 e. The predicted molar refractivity (Wildman–Crippen MR) is 97.5 cm³/mol. The summed E-state index contributed by atoms with van der Waals surface area (Å²) in [5, 5.41) is 3.28. The van der Waals surface area contributed by atoms with Crippen molar-refractivity contribution in [2.24, 2.45) is 17.6 Å². The lowest BCUT2D eigenvalue weighted by atomic mass is 9.67. The van der Waals surface area contributed by atoms with Crippen LogP contribution < -0.4 is 11.1 Å². The van der Waals surface area contributed by atoms with Gasteiger partial charge in [0.2, 0.25) is 0 Å². The molecular formula is C17H27Cl2N3O. The van der Waals surface area contributed by atoms with Crippen molar-refractivity contribution in [2.75, 3.05) is 0 Å². The first-order valence-electron chi connectivity index (χ1n) is 8.05. The van der Waals surface area contributed by atoms with Gasteiger partial charge in [-0.3, -0.25) is 9.78 Å². The number of hydrogen-bond donors (Lipinski definition) is 2. The van der Waals surface area contributed by atoms with Crippen molar-refractivity contribution in [1.29, 1.82) is 0 Å². The van der Waals surface area contributed by atoms with Gasteiger partial charge >= 0.3 is 0 Å². The summed E-state index contributed by atoms with van der Waals surface area (Å²) in [6.07, 6.45) is 5.76. The van der Waals surface area contributed by atoms with E-state index in [1.54, 1.807) is 0 Å². The van der Waals surface area contributed by atoms with Crippen LogP contribution in [0, 0.1) is 25.7 Å². The second-order valence-electron chi connectivity index (χ2n) is 6.77. The van der Waals surface area contributed by atoms with E-state index in [-0.39, 0.29) is 30.7 Å². The molecule has 0 spiro atoms. The van der Waals surface area contributed by atoms with E-state index in [4.69, 9.17) is 5.73 Å². The molecule has 2 unspecified atom stereocenters. The van der Waals surface area contributed by atoms with Gasteiger partial charge in [-0.25, -0.2) is 0 Å². The van der Waals surface area contributed by atoms with Crippen LogP contribution in [0.15, 0.2) is 12.1 Å². The Hall–Kier alpha value is -0.840. The Morgan fingerprint density at radius 3 is 2.35 bits per heavy atom. The maximum atomic E-state index is 12.6. The molecule has 2 aliphatic carbocycles. The predicted octanol–water partition coefficient (Wildman–Crippen LogP) is 3.18. The lowest BCUT2D eigenvalue weighted by molar-refractivity contribution is 0.0755. The molecule has 3 N–H and O–H groups in total. The molecule has 0 aromatic carbocycles. The highest BCUT2D eigenvalue weighted by Crippen LogP contribution is 2.39. The Kier molecular flexibility index (Phi) is 7.30. The van der Waals surface area contributed by atoms with Crippen molar-refractivity contribution >= 4 is 30.7 Å². The quantitative estimate of drug-likeness (QED) is 0.851. The van der Waals surface area contributed by atoms with E-state index in [1.165, 1.54) is 19.3 Å². The molecule has 2 bridgehead atoms. The van der Waals surface area contributed by atoms with Crippen molar-refractivity contribution in [3.63, 3.8) is 0 Å². The number of hydrogen-bond acceptors (Lipinski definition) is 3. The number of rotatable bonds is 2. The van der Waals surface area contributed by atoms with Crippen LogP contribution in [0.3, 0.4) is 0 Å². The Morgan fingerprint density at radius 2 is 1.78 bits per heavy atom. The first kappa shape index (κ1) is 20.2. The molecule has 2 atom stereocenters. The van der Waals surface area contributed by atoms with Gasteiger partial charge in [0.05, 0.1) is 11.3 Å². The second kappa shape index (κ2) is 8.32. The van der Waals surface area contributed by atoms with Gasteiger partial charge in [0.25, 0.3) is 5.91 Å². The maximum absolute atomic E-state index is 12.6. The van der Waals surface area contributed by atoms with Gasteiger partial charge in [0.15, 0.2) is 0 Å². The summed E-state index contributed by atoms with van der Waals surface area (Å²) in [7, 11) is 0. The third-order valence-corrected chi connectivity index (χ3v) is 5.14. The summed E-state index contributed by atoms with van der Waals surface area (Å²) in [6, 6.07) is 4.40. The van der Waals surface area contributed by atoms with Crippen LogP contribution in [0.4, 0.5) is 0 Å². The summed E-state index contributed by atoms with van der Waals surface area (Å²) >= 11 is 0. The zero-order chi connectivity index (χ0) is 15.0. The van der Waals surface area contributed by atoms with Gasteiger partial charge in [-0.1, -0.05) is 6.42 Å². The highest BCUT2D eigenvalue weighted by molar-refractivity contribution is 5.95. The van der Waals surface area contributed by atoms with E-state index in [9.17, 15) is 4.79 Å². The molecule has 1 aromatic rings. The Morgan fingerprint density at radius 1 is 1.17 bits per heavy atom. The molecule has 0 saturated heterocycles. The summed E-state index contributed by atoms with van der Waals surface area (Å²) in [5.74, 6) is 1.13. The largest absolute Gasteiger partial charge is 0.349 e. The smallest absolute Gasteiger partial charge is 0.253 e. The topological polar surface area (TPSA) is 68.0 Å². The molecule has 0 radical (unpaired) electrons. The molecule has 3 rings (SSSR count). The van der Waals surface area contributed by atoms with Gasteiger partial charge in [0, 0.05) is 17.8 Å². The number of pyridine rings is 1. The summed E-state index contributed by atoms with van der Waals surface area (Å²) in [4.78, 5) is 17.0. The van der Waals surface area contributed by atoms with Gasteiger partial charge in [-0.05, 0) is 63.5 Å². The average Bonchev–Trinajstić information content (AvgIpc) is 2.39. The molecular weight excluding hydrogens is 333 g/mol. The third kappa shape index (κ3) is 4.37. The zero-order valence-corrected chi connectivity index (χ0v) is 15.4. The van der Waals surface area contributed by atoms with E-state index < -0.39 is 0 Å². The van der Waals surface area contributed by atoms with E-state index >= 15 is 0 Å². The number of carbonyl (C=O) groups is 1. The minimum absolute atomic E-state index is 0. The lowest BCUT2D eigenvalue weighted by Gasteiger charge is -2.45. The van der Waals surface area contributed by atoms with E-state index in [0.717, 1.165) is 24.2 Å². The Balaban J connectivity index is 0.00000132. The van der Waals surface area contributed by atoms with Gasteiger partial charge < -0.3 is 11.1 Å². The van der Waals surface area contributed by atoms with Crippen LogP contribution in [0.25, 0.3) is 0 Å². The molecule has 2 saturated carbocycles. The fourth-order valence-corrected chi connectivity index (χ4v) is 4.18. The normalized spacial score (nSPS) is 29.0. The lowest BCUT2D eigenvalue weighted by Crippen LogP contribution is -2.53. The van der Waals surface area contributed by atoms with Crippen LogP contribution in [-0.4, -0.2) is 23.0 Å². The van der Waals surface area contributed by atoms with Crippen LogP contribution in [0.1, 0.15) is 53.8 Å². The molecule has 4 nitrogen and oxygen atoms in total. The van der Waals surface area contributed by atoms with E-state index in [2.05, 4.69) is 10.3 Å². The number of halogens is 2. The van der Waals surface area contributed by atoms with E-state index in [1.807, 2.05) is 26.0 Å². The number of aryl methyl sites for hydroxylation is 2. The minimum Gasteiger partial charge on any atom is -0.349 e. The Bertz CT molecular complexity index is 539. The number of aromatic nitrogens is 1. The first-order valence-corrected chi connectivity index (χ1v) is 8.05. The Labute approximate surface area is 150 Å². The van der Waals surface area contributed by atoms with E-state index in [0.29, 0.717) is 29.5 Å². The highest BCUT2D eigenvalue weighted by atomic mass is 35.5. The summed E-state index contributed by atoms with van der Waals surface area (Å²) in [5.41, 5.74) is 8.61. The standard InChI is InChI=1S/C17H25N3O.2ClH/c1-10-6-7-15(11(2)19-10)17(21)20-16-12-4-3-5-13(16)9-14(18)8-12;;/h6-7,12-14,16H,3-5,8-9,18H2,1-2H3,(H,20,21);2*1H. The number of amides is 1. The number of fused-ring (bicyclic) bond motifs is 2. The number of nitrogens with zero attached hydrogens (tertiary/aromatic N) is 1. The van der Waals surface area contributed by atoms with Gasteiger partial charge in [-0.15, -0.1) is 24.8 Å².